The molecule has 3 N–H and O–H groups in total. The molecule has 0 saturated heterocycles. The Balaban J connectivity index is 1.55. The number of carbonyl (C=O) groups excluding carboxylic acids is 1. The van der Waals surface area contributed by atoms with E-state index in [9.17, 15) is 9.90 Å². The van der Waals surface area contributed by atoms with Crippen LogP contribution in [0.2, 0.25) is 0 Å². The summed E-state index contributed by atoms with van der Waals surface area (Å²) in [6.07, 6.45) is 9.60. The van der Waals surface area contributed by atoms with Crippen LogP contribution in [0.4, 0.5) is 0 Å². The van der Waals surface area contributed by atoms with Gasteiger partial charge in [0.1, 0.15) is 5.78 Å². The molecule has 4 aliphatic rings. The third-order valence-corrected chi connectivity index (χ3v) is 9.06. The standard InChI is InChI=1S/C23H38N2O3/c1-22-8-6-17(25-28-11-10-24-3)13-16(22)12-15(14-26)21-18-4-5-20(27)23(18,2)9-7-19(21)22/h13,15-16,18-19,21,24-26H,4-12,14H2,1-3H3/t15-,16?,18-,19-,21-,22-,23-/m0/s1. The number of hydrogen-bond acceptors (Lipinski definition) is 5. The summed E-state index contributed by atoms with van der Waals surface area (Å²) in [6, 6.07) is 0. The first kappa shape index (κ1) is 20.4. The number of allylic oxidation sites excluding steroid dienone is 2. The molecule has 0 aliphatic heterocycles. The van der Waals surface area contributed by atoms with E-state index < -0.39 is 0 Å². The smallest absolute Gasteiger partial charge is 0.139 e. The summed E-state index contributed by atoms with van der Waals surface area (Å²) in [5, 5.41) is 13.4. The molecule has 4 aliphatic carbocycles. The zero-order valence-electron chi connectivity index (χ0n) is 17.8. The third kappa shape index (κ3) is 3.14. The Morgan fingerprint density at radius 3 is 2.79 bits per heavy atom. The van der Waals surface area contributed by atoms with Gasteiger partial charge in [0.2, 0.25) is 0 Å². The number of likely N-dealkylation sites (N-methyl/N-ethyl adjacent to an activating group) is 1. The lowest BCUT2D eigenvalue weighted by Crippen LogP contribution is -2.56. The second-order valence-corrected chi connectivity index (χ2v) is 10.2. The second kappa shape index (κ2) is 7.73. The van der Waals surface area contributed by atoms with Crippen LogP contribution >= 0.6 is 0 Å². The first-order valence-corrected chi connectivity index (χ1v) is 11.3. The van der Waals surface area contributed by atoms with E-state index in [-0.39, 0.29) is 17.4 Å². The fraction of sp³-hybridized carbons (Fsp3) is 0.870. The Morgan fingerprint density at radius 2 is 2.04 bits per heavy atom. The molecule has 3 saturated carbocycles. The fourth-order valence-electron chi connectivity index (χ4n) is 7.36. The molecule has 0 radical (unpaired) electrons. The van der Waals surface area contributed by atoms with E-state index in [0.717, 1.165) is 45.1 Å². The lowest BCUT2D eigenvalue weighted by molar-refractivity contribution is -0.145. The zero-order valence-corrected chi connectivity index (χ0v) is 17.8. The van der Waals surface area contributed by atoms with Crippen molar-refractivity contribution in [1.82, 2.24) is 10.8 Å². The summed E-state index contributed by atoms with van der Waals surface area (Å²) in [4.78, 5) is 18.3. The quantitative estimate of drug-likeness (QED) is 0.480. The summed E-state index contributed by atoms with van der Waals surface area (Å²) >= 11 is 0. The topological polar surface area (TPSA) is 70.6 Å². The largest absolute Gasteiger partial charge is 0.396 e. The maximum absolute atomic E-state index is 12.7. The van der Waals surface area contributed by atoms with Gasteiger partial charge >= 0.3 is 0 Å². The first-order valence-electron chi connectivity index (χ1n) is 11.3. The number of ketones is 1. The molecule has 0 spiro atoms. The molecule has 7 atom stereocenters. The van der Waals surface area contributed by atoms with Gasteiger partial charge in [-0.3, -0.25) is 15.1 Å². The van der Waals surface area contributed by atoms with Gasteiger partial charge in [-0.05, 0) is 80.6 Å². The van der Waals surface area contributed by atoms with Crippen LogP contribution in [0.25, 0.3) is 0 Å². The molecule has 0 heterocycles. The number of Topliss-reactive ketones (excluding diaryl/α,β-unsaturated/α-hetero) is 1. The van der Waals surface area contributed by atoms with E-state index in [1.807, 2.05) is 7.05 Å². The molecule has 0 aromatic heterocycles. The van der Waals surface area contributed by atoms with Crippen molar-refractivity contribution in [3.05, 3.63) is 11.8 Å². The van der Waals surface area contributed by atoms with Gasteiger partial charge in [-0.1, -0.05) is 19.9 Å². The number of carbonyl (C=O) groups is 1. The average Bonchev–Trinajstić information content (AvgIpc) is 2.99. The molecule has 5 nitrogen and oxygen atoms in total. The highest BCUT2D eigenvalue weighted by Gasteiger charge is 2.61. The van der Waals surface area contributed by atoms with E-state index in [0.29, 0.717) is 42.0 Å². The van der Waals surface area contributed by atoms with Crippen molar-refractivity contribution < 1.29 is 14.7 Å². The average molecular weight is 391 g/mol. The van der Waals surface area contributed by atoms with Crippen LogP contribution in [0, 0.1) is 40.4 Å². The van der Waals surface area contributed by atoms with E-state index >= 15 is 0 Å². The van der Waals surface area contributed by atoms with Crippen LogP contribution in [-0.4, -0.2) is 37.7 Å². The van der Waals surface area contributed by atoms with E-state index in [1.165, 1.54) is 12.1 Å². The van der Waals surface area contributed by atoms with Crippen molar-refractivity contribution in [2.24, 2.45) is 40.4 Å². The predicted molar refractivity (Wildman–Crippen MR) is 109 cm³/mol. The van der Waals surface area contributed by atoms with Crippen LogP contribution in [0.1, 0.15) is 58.8 Å². The van der Waals surface area contributed by atoms with Crippen LogP contribution in [-0.2, 0) is 9.63 Å². The van der Waals surface area contributed by atoms with Crippen LogP contribution in [0.3, 0.4) is 0 Å². The number of hydrogen-bond donors (Lipinski definition) is 3. The molecule has 0 amide bonds. The maximum atomic E-state index is 12.7. The maximum Gasteiger partial charge on any atom is 0.139 e. The number of fused-ring (bicyclic) bond motifs is 5. The molecule has 5 heteroatoms. The Labute approximate surface area is 169 Å². The van der Waals surface area contributed by atoms with Gasteiger partial charge in [-0.25, -0.2) is 0 Å². The third-order valence-electron chi connectivity index (χ3n) is 9.06. The summed E-state index contributed by atoms with van der Waals surface area (Å²) in [7, 11) is 1.93. The Bertz CT molecular complexity index is 635. The number of rotatable bonds is 6. The van der Waals surface area contributed by atoms with E-state index in [1.54, 1.807) is 0 Å². The van der Waals surface area contributed by atoms with Gasteiger partial charge in [0, 0.05) is 30.7 Å². The number of aliphatic hydroxyl groups excluding tert-OH is 1. The van der Waals surface area contributed by atoms with Gasteiger partial charge in [-0.2, -0.15) is 0 Å². The van der Waals surface area contributed by atoms with Gasteiger partial charge in [0.25, 0.3) is 0 Å². The SMILES string of the molecule is CNCCONC1=CC2C[C@@H](CO)[C@@H]3[C@H](CC[C@]4(C)C(=O)CC[C@@H]34)[C@@]2(C)CC1. The molecular formula is C23H38N2O3. The molecule has 28 heavy (non-hydrogen) atoms. The van der Waals surface area contributed by atoms with Gasteiger partial charge in [-0.15, -0.1) is 0 Å². The van der Waals surface area contributed by atoms with Gasteiger partial charge in [0.15, 0.2) is 0 Å². The minimum absolute atomic E-state index is 0.129. The monoisotopic (exact) mass is 390 g/mol. The van der Waals surface area contributed by atoms with Gasteiger partial charge < -0.3 is 10.4 Å². The molecule has 3 fully saturated rings. The minimum atomic E-state index is -0.129. The van der Waals surface area contributed by atoms with Crippen molar-refractivity contribution in [2.75, 3.05) is 26.8 Å². The minimum Gasteiger partial charge on any atom is -0.396 e. The number of aliphatic hydroxyl groups is 1. The summed E-state index contributed by atoms with van der Waals surface area (Å²) < 4.78 is 0. The van der Waals surface area contributed by atoms with Crippen molar-refractivity contribution in [1.29, 1.82) is 0 Å². The second-order valence-electron chi connectivity index (χ2n) is 10.2. The Hall–Kier alpha value is -0.910. The number of nitrogens with one attached hydrogen (secondary N) is 2. The summed E-state index contributed by atoms with van der Waals surface area (Å²) in [6.45, 7) is 6.43. The Kier molecular flexibility index (Phi) is 5.62. The molecule has 4 rings (SSSR count). The lowest BCUT2D eigenvalue weighted by Gasteiger charge is -2.61. The van der Waals surface area contributed by atoms with Crippen LogP contribution in [0.5, 0.6) is 0 Å². The molecule has 0 bridgehead atoms. The molecule has 0 aromatic rings. The highest BCUT2D eigenvalue weighted by Crippen LogP contribution is 2.66. The molecular weight excluding hydrogens is 352 g/mol. The zero-order chi connectivity index (χ0) is 19.9. The Morgan fingerprint density at radius 1 is 1.21 bits per heavy atom. The molecule has 1 unspecified atom stereocenters. The van der Waals surface area contributed by atoms with Crippen molar-refractivity contribution in [2.45, 2.75) is 58.8 Å². The highest BCUT2D eigenvalue weighted by atomic mass is 16.6. The van der Waals surface area contributed by atoms with E-state index in [2.05, 4.69) is 30.7 Å². The van der Waals surface area contributed by atoms with Crippen molar-refractivity contribution >= 4 is 5.78 Å². The highest BCUT2D eigenvalue weighted by molar-refractivity contribution is 5.87. The van der Waals surface area contributed by atoms with Crippen molar-refractivity contribution in [3.63, 3.8) is 0 Å². The fourth-order valence-corrected chi connectivity index (χ4v) is 7.36. The number of hydroxylamine groups is 1. The van der Waals surface area contributed by atoms with Crippen LogP contribution in [0.15, 0.2) is 11.8 Å². The summed E-state index contributed by atoms with van der Waals surface area (Å²) in [5.41, 5.74) is 4.52. The van der Waals surface area contributed by atoms with Crippen LogP contribution < -0.4 is 10.8 Å². The van der Waals surface area contributed by atoms with E-state index in [4.69, 9.17) is 4.84 Å². The molecule has 158 valence electrons. The summed E-state index contributed by atoms with van der Waals surface area (Å²) in [5.74, 6) is 2.88. The molecule has 0 aromatic carbocycles. The van der Waals surface area contributed by atoms with Crippen molar-refractivity contribution in [3.8, 4) is 0 Å². The lowest BCUT2D eigenvalue weighted by atomic mass is 9.44. The predicted octanol–water partition coefficient (Wildman–Crippen LogP) is 3.05. The first-order chi connectivity index (χ1) is 13.4. The normalized spacial score (nSPS) is 45.1. The van der Waals surface area contributed by atoms with Gasteiger partial charge in [0.05, 0.1) is 6.61 Å².